The average molecular weight is 204 g/mol. The van der Waals surface area contributed by atoms with Gasteiger partial charge in [0, 0.05) is 12.4 Å². The highest BCUT2D eigenvalue weighted by Crippen LogP contribution is 2.06. The van der Waals surface area contributed by atoms with Crippen molar-refractivity contribution in [1.29, 1.82) is 0 Å². The second kappa shape index (κ2) is 4.40. The van der Waals surface area contributed by atoms with Crippen LogP contribution in [0.1, 0.15) is 12.8 Å². The standard InChI is InChI=1S/C9H13BN4O/c10-6-4-12-9(13-5-6)14-8(15)7-2-1-3-11-7/h4-5,7,11H,1-3,10H2,(H,12,13,14,15)/t7-/m0/s1. The van der Waals surface area contributed by atoms with Crippen LogP contribution in [0.2, 0.25) is 0 Å². The summed E-state index contributed by atoms with van der Waals surface area (Å²) in [7, 11) is 1.91. The molecule has 1 aliphatic rings. The Labute approximate surface area is 89.1 Å². The molecule has 2 rings (SSSR count). The predicted octanol–water partition coefficient (Wildman–Crippen LogP) is -1.57. The largest absolute Gasteiger partial charge is 0.306 e. The van der Waals surface area contributed by atoms with Gasteiger partial charge < -0.3 is 5.32 Å². The van der Waals surface area contributed by atoms with E-state index in [-0.39, 0.29) is 11.9 Å². The van der Waals surface area contributed by atoms with E-state index in [1.54, 1.807) is 12.4 Å². The minimum Gasteiger partial charge on any atom is -0.306 e. The van der Waals surface area contributed by atoms with E-state index in [4.69, 9.17) is 0 Å². The van der Waals surface area contributed by atoms with Gasteiger partial charge in [-0.05, 0) is 19.4 Å². The van der Waals surface area contributed by atoms with E-state index in [0.29, 0.717) is 5.95 Å². The monoisotopic (exact) mass is 204 g/mol. The van der Waals surface area contributed by atoms with Crippen LogP contribution in [0.4, 0.5) is 5.95 Å². The zero-order valence-electron chi connectivity index (χ0n) is 8.66. The lowest BCUT2D eigenvalue weighted by Crippen LogP contribution is -2.36. The van der Waals surface area contributed by atoms with Crippen molar-refractivity contribution in [3.63, 3.8) is 0 Å². The van der Waals surface area contributed by atoms with E-state index in [9.17, 15) is 4.79 Å². The molecule has 15 heavy (non-hydrogen) atoms. The zero-order valence-corrected chi connectivity index (χ0v) is 8.66. The van der Waals surface area contributed by atoms with E-state index in [1.165, 1.54) is 0 Å². The van der Waals surface area contributed by atoms with Gasteiger partial charge in [0.1, 0.15) is 7.85 Å². The molecule has 78 valence electrons. The number of nitrogens with zero attached hydrogens (tertiary/aromatic N) is 2. The Morgan fingerprint density at radius 1 is 1.53 bits per heavy atom. The smallest absolute Gasteiger partial charge is 0.243 e. The van der Waals surface area contributed by atoms with Crippen molar-refractivity contribution in [3.05, 3.63) is 12.4 Å². The number of hydrogen-bond acceptors (Lipinski definition) is 4. The molecular weight excluding hydrogens is 191 g/mol. The number of aromatic nitrogens is 2. The third-order valence-corrected chi connectivity index (χ3v) is 2.39. The molecule has 1 aromatic heterocycles. The fraction of sp³-hybridized carbons (Fsp3) is 0.444. The van der Waals surface area contributed by atoms with Crippen molar-refractivity contribution in [2.24, 2.45) is 0 Å². The fourth-order valence-electron chi connectivity index (χ4n) is 1.56. The van der Waals surface area contributed by atoms with Gasteiger partial charge in [-0.1, -0.05) is 5.46 Å². The van der Waals surface area contributed by atoms with Crippen LogP contribution in [0.5, 0.6) is 0 Å². The first-order chi connectivity index (χ1) is 7.25. The number of rotatable bonds is 2. The number of carbonyl (C=O) groups excluding carboxylic acids is 1. The van der Waals surface area contributed by atoms with E-state index >= 15 is 0 Å². The maximum absolute atomic E-state index is 11.6. The van der Waals surface area contributed by atoms with Crippen LogP contribution in [0.15, 0.2) is 12.4 Å². The first kappa shape index (κ1) is 10.1. The van der Waals surface area contributed by atoms with Crippen LogP contribution in [-0.2, 0) is 4.79 Å². The SMILES string of the molecule is Bc1cnc(NC(=O)[C@@H]2CCCN2)nc1. The molecule has 0 spiro atoms. The van der Waals surface area contributed by atoms with Crippen molar-refractivity contribution in [3.8, 4) is 0 Å². The number of nitrogens with one attached hydrogen (secondary N) is 2. The van der Waals surface area contributed by atoms with Crippen molar-refractivity contribution < 1.29 is 4.79 Å². The van der Waals surface area contributed by atoms with E-state index in [2.05, 4.69) is 20.6 Å². The summed E-state index contributed by atoms with van der Waals surface area (Å²) in [6.07, 6.45) is 5.31. The molecule has 0 aliphatic carbocycles. The normalized spacial score (nSPS) is 20.1. The molecule has 0 saturated carbocycles. The Morgan fingerprint density at radius 3 is 2.87 bits per heavy atom. The van der Waals surface area contributed by atoms with Gasteiger partial charge >= 0.3 is 0 Å². The van der Waals surface area contributed by atoms with Crippen molar-refractivity contribution in [2.75, 3.05) is 11.9 Å². The summed E-state index contributed by atoms with van der Waals surface area (Å²) in [5.74, 6) is 0.329. The lowest BCUT2D eigenvalue weighted by atomic mass is 10.0. The molecule has 2 heterocycles. The van der Waals surface area contributed by atoms with Crippen LogP contribution in [0, 0.1) is 0 Å². The lowest BCUT2D eigenvalue weighted by Gasteiger charge is -2.09. The molecule has 1 aliphatic heterocycles. The quantitative estimate of drug-likeness (QED) is 0.571. The van der Waals surface area contributed by atoms with Crippen molar-refractivity contribution in [2.45, 2.75) is 18.9 Å². The van der Waals surface area contributed by atoms with Crippen LogP contribution >= 0.6 is 0 Å². The number of carbonyl (C=O) groups is 1. The summed E-state index contributed by atoms with van der Waals surface area (Å²) in [4.78, 5) is 19.7. The van der Waals surface area contributed by atoms with E-state index < -0.39 is 0 Å². The molecule has 0 bridgehead atoms. The Morgan fingerprint density at radius 2 is 2.27 bits per heavy atom. The van der Waals surface area contributed by atoms with E-state index in [1.807, 2.05) is 7.85 Å². The summed E-state index contributed by atoms with van der Waals surface area (Å²) in [6, 6.07) is -0.0881. The highest BCUT2D eigenvalue weighted by Gasteiger charge is 2.22. The topological polar surface area (TPSA) is 66.9 Å². The number of hydrogen-bond donors (Lipinski definition) is 2. The first-order valence-electron chi connectivity index (χ1n) is 5.08. The number of amides is 1. The first-order valence-corrected chi connectivity index (χ1v) is 5.08. The van der Waals surface area contributed by atoms with Crippen molar-refractivity contribution >= 4 is 25.2 Å². The molecular formula is C9H13BN4O. The Hall–Kier alpha value is -1.43. The minimum atomic E-state index is -0.0881. The van der Waals surface area contributed by atoms with Crippen LogP contribution in [0.3, 0.4) is 0 Å². The molecule has 6 heteroatoms. The molecule has 1 fully saturated rings. The summed E-state index contributed by atoms with van der Waals surface area (Å²) in [6.45, 7) is 0.910. The van der Waals surface area contributed by atoms with Crippen molar-refractivity contribution in [1.82, 2.24) is 15.3 Å². The molecule has 0 radical (unpaired) electrons. The maximum Gasteiger partial charge on any atom is 0.243 e. The summed E-state index contributed by atoms with van der Waals surface area (Å²) < 4.78 is 0. The second-order valence-electron chi connectivity index (χ2n) is 3.72. The van der Waals surface area contributed by atoms with Gasteiger partial charge in [0.05, 0.1) is 6.04 Å². The van der Waals surface area contributed by atoms with Crippen LogP contribution in [-0.4, -0.2) is 36.3 Å². The molecule has 0 unspecified atom stereocenters. The van der Waals surface area contributed by atoms with Crippen LogP contribution < -0.4 is 16.1 Å². The van der Waals surface area contributed by atoms with Gasteiger partial charge in [-0.3, -0.25) is 10.1 Å². The third kappa shape index (κ3) is 2.53. The second-order valence-corrected chi connectivity index (χ2v) is 3.72. The van der Waals surface area contributed by atoms with Gasteiger partial charge in [0.2, 0.25) is 11.9 Å². The predicted molar refractivity (Wildman–Crippen MR) is 59.9 cm³/mol. The third-order valence-electron chi connectivity index (χ3n) is 2.39. The van der Waals surface area contributed by atoms with Gasteiger partial charge in [-0.15, -0.1) is 0 Å². The highest BCUT2D eigenvalue weighted by molar-refractivity contribution is 6.31. The minimum absolute atomic E-state index is 0.0450. The van der Waals surface area contributed by atoms with Crippen LogP contribution in [0.25, 0.3) is 0 Å². The molecule has 5 nitrogen and oxygen atoms in total. The summed E-state index contributed by atoms with van der Waals surface area (Å²) in [5, 5.41) is 5.81. The van der Waals surface area contributed by atoms with Gasteiger partial charge in [0.15, 0.2) is 0 Å². The lowest BCUT2D eigenvalue weighted by molar-refractivity contribution is -0.117. The molecule has 2 N–H and O–H groups in total. The fourth-order valence-corrected chi connectivity index (χ4v) is 1.56. The highest BCUT2D eigenvalue weighted by atomic mass is 16.2. The van der Waals surface area contributed by atoms with E-state index in [0.717, 1.165) is 24.8 Å². The van der Waals surface area contributed by atoms with Gasteiger partial charge in [-0.2, -0.15) is 0 Å². The Bertz CT molecular complexity index is 348. The average Bonchev–Trinajstić information content (AvgIpc) is 2.74. The summed E-state index contributed by atoms with van der Waals surface area (Å²) in [5.41, 5.74) is 0.979. The zero-order chi connectivity index (χ0) is 10.7. The Kier molecular flexibility index (Phi) is 2.96. The molecule has 0 aromatic carbocycles. The number of anilines is 1. The molecule has 1 atom stereocenters. The molecule has 1 aromatic rings. The Balaban J connectivity index is 1.96. The van der Waals surface area contributed by atoms with Gasteiger partial charge in [0.25, 0.3) is 0 Å². The molecule has 1 saturated heterocycles. The molecule has 1 amide bonds. The van der Waals surface area contributed by atoms with Gasteiger partial charge in [-0.25, -0.2) is 9.97 Å². The summed E-state index contributed by atoms with van der Waals surface area (Å²) >= 11 is 0. The maximum atomic E-state index is 11.6.